The number of hydrogen-bond acceptors (Lipinski definition) is 6. The van der Waals surface area contributed by atoms with E-state index in [1.54, 1.807) is 0 Å². The average Bonchev–Trinajstić information content (AvgIpc) is 3.44. The van der Waals surface area contributed by atoms with Crippen LogP contribution in [0.4, 0.5) is 0 Å². The Balaban J connectivity index is 1.24. The fourth-order valence-corrected chi connectivity index (χ4v) is 7.37. The van der Waals surface area contributed by atoms with E-state index >= 15 is 0 Å². The summed E-state index contributed by atoms with van der Waals surface area (Å²) in [6, 6.07) is 8.09. The van der Waals surface area contributed by atoms with Gasteiger partial charge in [0, 0.05) is 42.5 Å². The molecule has 5 nitrogen and oxygen atoms in total. The highest BCUT2D eigenvalue weighted by atomic mass is 33.1. The molecule has 1 aromatic carbocycles. The van der Waals surface area contributed by atoms with E-state index in [2.05, 4.69) is 28.0 Å². The van der Waals surface area contributed by atoms with Crippen LogP contribution >= 0.6 is 21.6 Å². The maximum Gasteiger partial charge on any atom is 0.227 e. The van der Waals surface area contributed by atoms with Crippen LogP contribution in [0.15, 0.2) is 28.8 Å². The van der Waals surface area contributed by atoms with E-state index in [0.29, 0.717) is 30.0 Å². The number of likely N-dealkylation sites (tertiary alicyclic amines) is 1. The molecule has 0 bridgehead atoms. The number of carbonyl (C=O) groups excluding carboxylic acids is 1. The van der Waals surface area contributed by atoms with Crippen molar-refractivity contribution in [2.75, 3.05) is 18.8 Å². The lowest BCUT2D eigenvalue weighted by molar-refractivity contribution is -0.133. The first-order valence-corrected chi connectivity index (χ1v) is 13.5. The van der Waals surface area contributed by atoms with Crippen LogP contribution in [-0.2, 0) is 11.2 Å². The Hall–Kier alpha value is -1.47. The number of benzene rings is 1. The number of carbonyl (C=O) groups is 1. The number of nitrogens with zero attached hydrogens (tertiary/aromatic N) is 3. The van der Waals surface area contributed by atoms with Crippen molar-refractivity contribution in [3.8, 4) is 11.4 Å². The molecule has 0 unspecified atom stereocenters. The van der Waals surface area contributed by atoms with Crippen molar-refractivity contribution in [3.05, 3.63) is 35.7 Å². The first kappa shape index (κ1) is 21.8. The van der Waals surface area contributed by atoms with Crippen LogP contribution in [0.3, 0.4) is 0 Å². The molecule has 2 saturated heterocycles. The van der Waals surface area contributed by atoms with Gasteiger partial charge in [0.05, 0.1) is 0 Å². The lowest BCUT2D eigenvalue weighted by Crippen LogP contribution is -2.40. The molecule has 162 valence electrons. The van der Waals surface area contributed by atoms with Gasteiger partial charge < -0.3 is 9.42 Å². The second-order valence-corrected chi connectivity index (χ2v) is 11.2. The zero-order valence-electron chi connectivity index (χ0n) is 17.7. The first-order valence-electron chi connectivity index (χ1n) is 11.1. The fraction of sp³-hybridized carbons (Fsp3) is 0.609. The molecule has 4 rings (SSSR count). The predicted molar refractivity (Wildman–Crippen MR) is 124 cm³/mol. The van der Waals surface area contributed by atoms with Gasteiger partial charge in [0.1, 0.15) is 0 Å². The third-order valence-corrected chi connectivity index (χ3v) is 9.09. The highest BCUT2D eigenvalue weighted by Crippen LogP contribution is 2.40. The van der Waals surface area contributed by atoms with Crippen molar-refractivity contribution in [1.82, 2.24) is 15.0 Å². The summed E-state index contributed by atoms with van der Waals surface area (Å²) in [5, 5.41) is 4.99. The summed E-state index contributed by atoms with van der Waals surface area (Å²) >= 11 is 0. The van der Waals surface area contributed by atoms with Crippen molar-refractivity contribution in [2.24, 2.45) is 5.92 Å². The van der Waals surface area contributed by atoms with E-state index in [9.17, 15) is 4.79 Å². The third kappa shape index (κ3) is 5.82. The Morgan fingerprint density at radius 1 is 1.27 bits per heavy atom. The molecule has 0 aliphatic carbocycles. The van der Waals surface area contributed by atoms with Crippen molar-refractivity contribution < 1.29 is 9.32 Å². The standard InChI is InChI=1S/C23H31N3O2S2/c1-17-7-2-4-10-20(17)23-24-21(28-25-23)15-18-8-6-13-26(16-18)22(27)11-5-3-9-19-12-14-29-30-19/h2,4,7,10,18-19H,3,5-6,8-9,11-16H2,1H3/t18-,19+/m0/s1. The first-order chi connectivity index (χ1) is 14.7. The van der Waals surface area contributed by atoms with Crippen LogP contribution < -0.4 is 0 Å². The summed E-state index contributed by atoms with van der Waals surface area (Å²) < 4.78 is 5.53. The summed E-state index contributed by atoms with van der Waals surface area (Å²) in [5.41, 5.74) is 2.16. The van der Waals surface area contributed by atoms with Gasteiger partial charge >= 0.3 is 0 Å². The van der Waals surface area contributed by atoms with Gasteiger partial charge in [-0.3, -0.25) is 4.79 Å². The van der Waals surface area contributed by atoms with Crippen LogP contribution in [0.5, 0.6) is 0 Å². The van der Waals surface area contributed by atoms with Gasteiger partial charge in [0.25, 0.3) is 0 Å². The molecule has 1 amide bonds. The van der Waals surface area contributed by atoms with Crippen molar-refractivity contribution >= 4 is 27.5 Å². The van der Waals surface area contributed by atoms with Crippen LogP contribution in [0.2, 0.25) is 0 Å². The highest BCUT2D eigenvalue weighted by molar-refractivity contribution is 8.77. The number of aryl methyl sites for hydroxylation is 1. The SMILES string of the molecule is Cc1ccccc1-c1noc(C[C@@H]2CCCN(C(=O)CCCC[C@@H]3CCSS3)C2)n1. The number of unbranched alkanes of at least 4 members (excludes halogenated alkanes) is 1. The normalized spacial score (nSPS) is 21.8. The van der Waals surface area contributed by atoms with Gasteiger partial charge in [-0.05, 0) is 50.5 Å². The van der Waals surface area contributed by atoms with E-state index in [4.69, 9.17) is 4.52 Å². The Morgan fingerprint density at radius 2 is 2.17 bits per heavy atom. The minimum absolute atomic E-state index is 0.319. The predicted octanol–water partition coefficient (Wildman–Crippen LogP) is 5.54. The molecule has 2 atom stereocenters. The largest absolute Gasteiger partial charge is 0.342 e. The monoisotopic (exact) mass is 445 g/mol. The van der Waals surface area contributed by atoms with Crippen LogP contribution in [0, 0.1) is 12.8 Å². The van der Waals surface area contributed by atoms with E-state index < -0.39 is 0 Å². The molecule has 1 aromatic heterocycles. The number of rotatable bonds is 8. The zero-order valence-corrected chi connectivity index (χ0v) is 19.3. The molecule has 2 fully saturated rings. The average molecular weight is 446 g/mol. The van der Waals surface area contributed by atoms with Gasteiger partial charge in [-0.1, -0.05) is 57.4 Å². The van der Waals surface area contributed by atoms with Crippen LogP contribution in [0.1, 0.15) is 56.4 Å². The zero-order chi connectivity index (χ0) is 20.8. The Labute approximate surface area is 187 Å². The summed E-state index contributed by atoms with van der Waals surface area (Å²) in [7, 11) is 4.03. The summed E-state index contributed by atoms with van der Waals surface area (Å²) in [6.07, 6.45) is 8.39. The second-order valence-electron chi connectivity index (χ2n) is 8.45. The Morgan fingerprint density at radius 3 is 3.00 bits per heavy atom. The molecule has 0 saturated carbocycles. The van der Waals surface area contributed by atoms with Crippen molar-refractivity contribution in [2.45, 2.75) is 63.5 Å². The Bertz CT molecular complexity index is 835. The molecule has 7 heteroatoms. The maximum absolute atomic E-state index is 12.7. The number of piperidine rings is 1. The molecule has 2 aliphatic heterocycles. The molecule has 0 N–H and O–H groups in total. The van der Waals surface area contributed by atoms with Crippen LogP contribution in [-0.4, -0.2) is 45.0 Å². The second kappa shape index (κ2) is 10.7. The van der Waals surface area contributed by atoms with Gasteiger partial charge in [0.2, 0.25) is 17.6 Å². The lowest BCUT2D eigenvalue weighted by Gasteiger charge is -2.32. The molecule has 30 heavy (non-hydrogen) atoms. The maximum atomic E-state index is 12.7. The molecule has 0 spiro atoms. The molecular formula is C23H31N3O2S2. The van der Waals surface area contributed by atoms with Crippen molar-refractivity contribution in [1.29, 1.82) is 0 Å². The molecule has 0 radical (unpaired) electrons. The van der Waals surface area contributed by atoms with Gasteiger partial charge in [-0.15, -0.1) is 0 Å². The van der Waals surface area contributed by atoms with Crippen molar-refractivity contribution in [3.63, 3.8) is 0 Å². The smallest absolute Gasteiger partial charge is 0.227 e. The fourth-order valence-electron chi connectivity index (χ4n) is 4.35. The minimum atomic E-state index is 0.319. The van der Waals surface area contributed by atoms with Crippen LogP contribution in [0.25, 0.3) is 11.4 Å². The number of aromatic nitrogens is 2. The molecule has 2 aliphatic rings. The Kier molecular flexibility index (Phi) is 7.77. The van der Waals surface area contributed by atoms with Gasteiger partial charge in [0.15, 0.2) is 0 Å². The summed E-state index contributed by atoms with van der Waals surface area (Å²) in [4.78, 5) is 19.4. The number of amides is 1. The van der Waals surface area contributed by atoms with E-state index in [0.717, 1.165) is 55.1 Å². The number of hydrogen-bond donors (Lipinski definition) is 0. The van der Waals surface area contributed by atoms with E-state index in [-0.39, 0.29) is 0 Å². The van der Waals surface area contributed by atoms with E-state index in [1.807, 2.05) is 39.8 Å². The molecule has 3 heterocycles. The van der Waals surface area contributed by atoms with Gasteiger partial charge in [-0.25, -0.2) is 0 Å². The lowest BCUT2D eigenvalue weighted by atomic mass is 9.94. The highest BCUT2D eigenvalue weighted by Gasteiger charge is 2.25. The summed E-state index contributed by atoms with van der Waals surface area (Å²) in [5.74, 6) is 3.35. The quantitative estimate of drug-likeness (QED) is 0.393. The molecular weight excluding hydrogens is 414 g/mol. The topological polar surface area (TPSA) is 59.2 Å². The summed E-state index contributed by atoms with van der Waals surface area (Å²) in [6.45, 7) is 3.76. The minimum Gasteiger partial charge on any atom is -0.342 e. The van der Waals surface area contributed by atoms with Gasteiger partial charge in [-0.2, -0.15) is 4.98 Å². The van der Waals surface area contributed by atoms with E-state index in [1.165, 1.54) is 25.0 Å². The molecule has 2 aromatic rings. The third-order valence-electron chi connectivity index (χ3n) is 6.08.